The molecule has 26 heavy (non-hydrogen) atoms. The zero-order valence-corrected chi connectivity index (χ0v) is 16.6. The lowest BCUT2D eigenvalue weighted by molar-refractivity contribution is -0.123. The molecular weight excluding hydrogens is 344 g/mol. The summed E-state index contributed by atoms with van der Waals surface area (Å²) in [5.41, 5.74) is 4.69. The van der Waals surface area contributed by atoms with Crippen LogP contribution >= 0.6 is 11.6 Å². The number of likely N-dealkylation sites (tertiary alicyclic amines) is 1. The van der Waals surface area contributed by atoms with Gasteiger partial charge in [-0.3, -0.25) is 9.69 Å². The van der Waals surface area contributed by atoms with E-state index in [2.05, 4.69) is 43.0 Å². The van der Waals surface area contributed by atoms with E-state index in [0.29, 0.717) is 0 Å². The fraction of sp³-hybridized carbons (Fsp3) is 0.409. The predicted molar refractivity (Wildman–Crippen MR) is 109 cm³/mol. The number of rotatable bonds is 4. The highest BCUT2D eigenvalue weighted by molar-refractivity contribution is 6.30. The van der Waals surface area contributed by atoms with Crippen molar-refractivity contribution in [1.82, 2.24) is 4.90 Å². The molecule has 2 aromatic rings. The Morgan fingerprint density at radius 2 is 1.88 bits per heavy atom. The molecule has 1 atom stereocenters. The van der Waals surface area contributed by atoms with Gasteiger partial charge in [-0.05, 0) is 74.2 Å². The molecule has 138 valence electrons. The second-order valence-electron chi connectivity index (χ2n) is 7.37. The van der Waals surface area contributed by atoms with Gasteiger partial charge >= 0.3 is 0 Å². The topological polar surface area (TPSA) is 23.6 Å². The molecule has 0 saturated carbocycles. The number of hydrogen-bond donors (Lipinski definition) is 0. The highest BCUT2D eigenvalue weighted by Crippen LogP contribution is 2.24. The molecule has 4 heteroatoms. The maximum Gasteiger partial charge on any atom is 0.231 e. The minimum Gasteiger partial charge on any atom is -0.315 e. The van der Waals surface area contributed by atoms with Crippen LogP contribution in [0.3, 0.4) is 0 Å². The summed E-state index contributed by atoms with van der Waals surface area (Å²) in [6, 6.07) is 14.2. The van der Waals surface area contributed by atoms with Crippen molar-refractivity contribution in [1.29, 1.82) is 0 Å². The van der Waals surface area contributed by atoms with Crippen LogP contribution in [0.1, 0.15) is 29.5 Å². The summed E-state index contributed by atoms with van der Waals surface area (Å²) in [6.07, 6.45) is 2.02. The van der Waals surface area contributed by atoms with E-state index < -0.39 is 0 Å². The number of carbonyl (C=O) groups is 1. The van der Waals surface area contributed by atoms with Gasteiger partial charge in [-0.25, -0.2) is 0 Å². The average Bonchev–Trinajstić information content (AvgIpc) is 2.65. The molecule has 3 nitrogen and oxygen atoms in total. The van der Waals surface area contributed by atoms with Crippen LogP contribution < -0.4 is 4.90 Å². The summed E-state index contributed by atoms with van der Waals surface area (Å²) in [5.74, 6) is 0.275. The molecule has 0 aromatic heterocycles. The third-order valence-electron chi connectivity index (χ3n) is 5.38. The van der Waals surface area contributed by atoms with Crippen LogP contribution in [0.2, 0.25) is 5.02 Å². The van der Waals surface area contributed by atoms with Crippen molar-refractivity contribution in [3.05, 3.63) is 64.2 Å². The first kappa shape index (κ1) is 18.9. The van der Waals surface area contributed by atoms with E-state index in [9.17, 15) is 4.79 Å². The first-order valence-electron chi connectivity index (χ1n) is 9.25. The molecule has 0 radical (unpaired) electrons. The number of piperidine rings is 1. The quantitative estimate of drug-likeness (QED) is 0.769. The SMILES string of the molecule is Cc1ccc(N(C)C(=O)C2CCCN(Cc3ccc(Cl)cc3)C2)cc1C. The van der Waals surface area contributed by atoms with E-state index in [1.807, 2.05) is 30.1 Å². The van der Waals surface area contributed by atoms with Crippen molar-refractivity contribution in [2.24, 2.45) is 5.92 Å². The molecule has 1 unspecified atom stereocenters. The van der Waals surface area contributed by atoms with Crippen molar-refractivity contribution < 1.29 is 4.79 Å². The Morgan fingerprint density at radius 3 is 2.58 bits per heavy atom. The molecule has 0 aliphatic carbocycles. The summed E-state index contributed by atoms with van der Waals surface area (Å²) in [6.45, 7) is 6.91. The maximum atomic E-state index is 13.0. The number of amides is 1. The summed E-state index contributed by atoms with van der Waals surface area (Å²) in [4.78, 5) is 17.2. The summed E-state index contributed by atoms with van der Waals surface area (Å²) >= 11 is 5.97. The van der Waals surface area contributed by atoms with Crippen LogP contribution in [0, 0.1) is 19.8 Å². The first-order valence-corrected chi connectivity index (χ1v) is 9.63. The number of carbonyl (C=O) groups excluding carboxylic acids is 1. The molecule has 1 saturated heterocycles. The number of nitrogens with zero attached hydrogens (tertiary/aromatic N) is 2. The first-order chi connectivity index (χ1) is 12.4. The monoisotopic (exact) mass is 370 g/mol. The van der Waals surface area contributed by atoms with Crippen LogP contribution in [0.25, 0.3) is 0 Å². The van der Waals surface area contributed by atoms with Crippen molar-refractivity contribution in [2.75, 3.05) is 25.0 Å². The molecule has 3 rings (SSSR count). The molecule has 0 bridgehead atoms. The van der Waals surface area contributed by atoms with Gasteiger partial charge < -0.3 is 4.90 Å². The maximum absolute atomic E-state index is 13.0. The van der Waals surface area contributed by atoms with E-state index in [1.54, 1.807) is 0 Å². The standard InChI is InChI=1S/C22H27ClN2O/c1-16-6-11-21(13-17(16)2)24(3)22(26)19-5-4-12-25(15-19)14-18-7-9-20(23)10-8-18/h6-11,13,19H,4-5,12,14-15H2,1-3H3. The lowest BCUT2D eigenvalue weighted by atomic mass is 9.95. The Labute approximate surface area is 161 Å². The zero-order valence-electron chi connectivity index (χ0n) is 15.8. The second-order valence-corrected chi connectivity index (χ2v) is 7.80. The average molecular weight is 371 g/mol. The van der Waals surface area contributed by atoms with Crippen LogP contribution in [0.5, 0.6) is 0 Å². The minimum atomic E-state index is 0.0580. The van der Waals surface area contributed by atoms with E-state index in [0.717, 1.165) is 43.2 Å². The summed E-state index contributed by atoms with van der Waals surface area (Å²) in [7, 11) is 1.89. The van der Waals surface area contributed by atoms with Crippen molar-refractivity contribution >= 4 is 23.2 Å². The Bertz CT molecular complexity index is 772. The summed E-state index contributed by atoms with van der Waals surface area (Å²) in [5, 5.41) is 0.760. The van der Waals surface area contributed by atoms with E-state index >= 15 is 0 Å². The number of halogens is 1. The minimum absolute atomic E-state index is 0.0580. The molecular formula is C22H27ClN2O. The van der Waals surface area contributed by atoms with Gasteiger partial charge in [-0.2, -0.15) is 0 Å². The normalized spacial score (nSPS) is 17.9. The number of aryl methyl sites for hydroxylation is 2. The van der Waals surface area contributed by atoms with E-state index in [4.69, 9.17) is 11.6 Å². The van der Waals surface area contributed by atoms with Gasteiger partial charge in [0.25, 0.3) is 0 Å². The number of anilines is 1. The van der Waals surface area contributed by atoms with Gasteiger partial charge in [0.1, 0.15) is 0 Å². The van der Waals surface area contributed by atoms with Crippen LogP contribution in [0.4, 0.5) is 5.69 Å². The van der Waals surface area contributed by atoms with Crippen molar-refractivity contribution in [2.45, 2.75) is 33.2 Å². The van der Waals surface area contributed by atoms with Gasteiger partial charge in [0.15, 0.2) is 0 Å². The van der Waals surface area contributed by atoms with Crippen LogP contribution in [-0.2, 0) is 11.3 Å². The molecule has 1 amide bonds. The van der Waals surface area contributed by atoms with E-state index in [-0.39, 0.29) is 11.8 Å². The van der Waals surface area contributed by atoms with Crippen molar-refractivity contribution in [3.8, 4) is 0 Å². The summed E-state index contributed by atoms with van der Waals surface area (Å²) < 4.78 is 0. The lowest BCUT2D eigenvalue weighted by Gasteiger charge is -2.34. The van der Waals surface area contributed by atoms with Gasteiger partial charge in [0.05, 0.1) is 5.92 Å². The predicted octanol–water partition coefficient (Wildman–Crippen LogP) is 4.83. The molecule has 0 spiro atoms. The van der Waals surface area contributed by atoms with E-state index in [1.165, 1.54) is 16.7 Å². The van der Waals surface area contributed by atoms with Gasteiger partial charge in [0, 0.05) is 30.8 Å². The van der Waals surface area contributed by atoms with Crippen LogP contribution in [-0.4, -0.2) is 30.9 Å². The second kappa shape index (κ2) is 8.24. The highest BCUT2D eigenvalue weighted by Gasteiger charge is 2.28. The third kappa shape index (κ3) is 4.46. The molecule has 0 N–H and O–H groups in total. The molecule has 1 heterocycles. The number of benzene rings is 2. The fourth-order valence-electron chi connectivity index (χ4n) is 3.58. The highest BCUT2D eigenvalue weighted by atomic mass is 35.5. The molecule has 1 fully saturated rings. The molecule has 1 aliphatic rings. The zero-order chi connectivity index (χ0) is 18.7. The van der Waals surface area contributed by atoms with Gasteiger partial charge in [-0.15, -0.1) is 0 Å². The third-order valence-corrected chi connectivity index (χ3v) is 5.63. The van der Waals surface area contributed by atoms with Gasteiger partial charge in [0.2, 0.25) is 5.91 Å². The molecule has 2 aromatic carbocycles. The smallest absolute Gasteiger partial charge is 0.231 e. The fourth-order valence-corrected chi connectivity index (χ4v) is 3.71. The Balaban J connectivity index is 1.65. The van der Waals surface area contributed by atoms with Crippen molar-refractivity contribution in [3.63, 3.8) is 0 Å². The van der Waals surface area contributed by atoms with Crippen LogP contribution in [0.15, 0.2) is 42.5 Å². The van der Waals surface area contributed by atoms with Gasteiger partial charge in [-0.1, -0.05) is 29.8 Å². The Morgan fingerprint density at radius 1 is 1.15 bits per heavy atom. The Hall–Kier alpha value is -1.84. The number of hydrogen-bond acceptors (Lipinski definition) is 2. The molecule has 1 aliphatic heterocycles. The lowest BCUT2D eigenvalue weighted by Crippen LogP contribution is -2.43. The Kier molecular flexibility index (Phi) is 6.00. The largest absolute Gasteiger partial charge is 0.315 e.